The number of nitrogens with zero attached hydrogens (tertiary/aromatic N) is 1. The third kappa shape index (κ3) is 5.64. The number of hydrogen-bond donors (Lipinski definition) is 0. The van der Waals surface area contributed by atoms with Crippen molar-refractivity contribution in [1.29, 1.82) is 0 Å². The molecule has 1 aliphatic rings. The lowest BCUT2D eigenvalue weighted by Crippen LogP contribution is -2.28. The summed E-state index contributed by atoms with van der Waals surface area (Å²) in [6, 6.07) is 86.0. The molecule has 2 heteroatoms. The van der Waals surface area contributed by atoms with E-state index in [-0.39, 0.29) is 0 Å². The van der Waals surface area contributed by atoms with Crippen molar-refractivity contribution in [2.45, 2.75) is 5.41 Å². The second-order valence-corrected chi connectivity index (χ2v) is 16.1. The molecule has 0 N–H and O–H groups in total. The monoisotopic (exact) mass is 777 g/mol. The van der Waals surface area contributed by atoms with E-state index in [0.717, 1.165) is 50.1 Å². The van der Waals surface area contributed by atoms with E-state index in [9.17, 15) is 0 Å². The van der Waals surface area contributed by atoms with Gasteiger partial charge in [-0.1, -0.05) is 176 Å². The van der Waals surface area contributed by atoms with E-state index in [0.29, 0.717) is 0 Å². The highest BCUT2D eigenvalue weighted by Gasteiger charge is 2.45. The minimum Gasteiger partial charge on any atom is -0.456 e. The summed E-state index contributed by atoms with van der Waals surface area (Å²) in [5, 5.41) is 4.66. The van der Waals surface area contributed by atoms with Crippen LogP contribution in [0.1, 0.15) is 22.3 Å². The maximum Gasteiger partial charge on any atom is 0.136 e. The van der Waals surface area contributed by atoms with Crippen LogP contribution in [0.5, 0.6) is 0 Å². The van der Waals surface area contributed by atoms with Crippen LogP contribution in [0.2, 0.25) is 0 Å². The van der Waals surface area contributed by atoms with Gasteiger partial charge in [0.2, 0.25) is 0 Å². The van der Waals surface area contributed by atoms with Crippen LogP contribution in [-0.2, 0) is 5.41 Å². The average Bonchev–Trinajstić information content (AvgIpc) is 3.85. The quantitative estimate of drug-likeness (QED) is 0.160. The normalized spacial score (nSPS) is 12.7. The molecular formula is C59H39NO. The summed E-state index contributed by atoms with van der Waals surface area (Å²) in [6.07, 6.45) is 0. The van der Waals surface area contributed by atoms with Crippen molar-refractivity contribution in [2.24, 2.45) is 0 Å². The Morgan fingerprint density at radius 1 is 0.311 bits per heavy atom. The molecule has 10 aromatic carbocycles. The van der Waals surface area contributed by atoms with E-state index in [1.807, 2.05) is 0 Å². The number of benzene rings is 10. The Hall–Kier alpha value is -7.94. The fraction of sp³-hybridized carbons (Fsp3) is 0.0169. The van der Waals surface area contributed by atoms with E-state index in [4.69, 9.17) is 4.42 Å². The van der Waals surface area contributed by atoms with Gasteiger partial charge in [0.05, 0.1) is 5.41 Å². The highest BCUT2D eigenvalue weighted by Crippen LogP contribution is 2.56. The van der Waals surface area contributed by atoms with Crippen molar-refractivity contribution in [3.05, 3.63) is 259 Å². The summed E-state index contributed by atoms with van der Waals surface area (Å²) in [4.78, 5) is 2.37. The number of furan rings is 1. The molecule has 0 saturated carbocycles. The summed E-state index contributed by atoms with van der Waals surface area (Å²) in [7, 11) is 0. The Bertz CT molecular complexity index is 3340. The zero-order chi connectivity index (χ0) is 40.3. The van der Waals surface area contributed by atoms with Crippen LogP contribution in [0.15, 0.2) is 241 Å². The molecule has 0 radical (unpaired) electrons. The number of hydrogen-bond acceptors (Lipinski definition) is 2. The molecule has 0 bridgehead atoms. The SMILES string of the molecule is c1ccc(-c2ccc(N(c3ccc(-c4ccc5oc6cc7ccccc7cc6c5c4)cc3)c3ccc(C4(c5ccccc5)c5ccccc5-c5ccccc54)cc3)cc2)cc1. The van der Waals surface area contributed by atoms with Crippen LogP contribution in [0.25, 0.3) is 66.1 Å². The molecule has 12 rings (SSSR count). The first-order valence-electron chi connectivity index (χ1n) is 21.0. The number of fused-ring (bicyclic) bond motifs is 7. The molecule has 1 aromatic heterocycles. The molecule has 286 valence electrons. The van der Waals surface area contributed by atoms with E-state index in [2.05, 4.69) is 241 Å². The van der Waals surface area contributed by atoms with Crippen molar-refractivity contribution in [1.82, 2.24) is 0 Å². The average molecular weight is 778 g/mol. The highest BCUT2D eigenvalue weighted by molar-refractivity contribution is 6.11. The molecule has 0 fully saturated rings. The van der Waals surface area contributed by atoms with Crippen molar-refractivity contribution >= 4 is 49.8 Å². The largest absolute Gasteiger partial charge is 0.456 e. The van der Waals surface area contributed by atoms with Crippen LogP contribution in [0, 0.1) is 0 Å². The lowest BCUT2D eigenvalue weighted by Gasteiger charge is -2.34. The van der Waals surface area contributed by atoms with Crippen LogP contribution in [0.3, 0.4) is 0 Å². The van der Waals surface area contributed by atoms with Gasteiger partial charge in [-0.15, -0.1) is 0 Å². The zero-order valence-electron chi connectivity index (χ0n) is 33.4. The van der Waals surface area contributed by atoms with Crippen LogP contribution >= 0.6 is 0 Å². The summed E-state index contributed by atoms with van der Waals surface area (Å²) < 4.78 is 6.34. The van der Waals surface area contributed by atoms with Crippen molar-refractivity contribution in [2.75, 3.05) is 4.90 Å². The fourth-order valence-electron chi connectivity index (χ4n) is 9.90. The summed E-state index contributed by atoms with van der Waals surface area (Å²) in [5.41, 5.74) is 17.0. The van der Waals surface area contributed by atoms with Gasteiger partial charge in [0, 0.05) is 27.8 Å². The topological polar surface area (TPSA) is 16.4 Å². The number of anilines is 3. The molecule has 1 heterocycles. The third-order valence-corrected chi connectivity index (χ3v) is 12.7. The first-order valence-corrected chi connectivity index (χ1v) is 21.0. The van der Waals surface area contributed by atoms with Gasteiger partial charge in [-0.25, -0.2) is 0 Å². The molecule has 0 atom stereocenters. The van der Waals surface area contributed by atoms with Gasteiger partial charge in [0.25, 0.3) is 0 Å². The third-order valence-electron chi connectivity index (χ3n) is 12.7. The van der Waals surface area contributed by atoms with Crippen molar-refractivity contribution in [3.8, 4) is 33.4 Å². The Morgan fingerprint density at radius 2 is 0.754 bits per heavy atom. The van der Waals surface area contributed by atoms with E-state index in [1.54, 1.807) is 0 Å². The van der Waals surface area contributed by atoms with Gasteiger partial charge >= 0.3 is 0 Å². The Morgan fingerprint density at radius 3 is 1.38 bits per heavy atom. The van der Waals surface area contributed by atoms with Gasteiger partial charge in [-0.3, -0.25) is 0 Å². The maximum absolute atomic E-state index is 6.34. The molecule has 0 saturated heterocycles. The molecule has 0 aliphatic heterocycles. The van der Waals surface area contributed by atoms with Crippen molar-refractivity contribution in [3.63, 3.8) is 0 Å². The minimum atomic E-state index is -0.453. The minimum absolute atomic E-state index is 0.453. The summed E-state index contributed by atoms with van der Waals surface area (Å²) >= 11 is 0. The van der Waals surface area contributed by atoms with Crippen molar-refractivity contribution < 1.29 is 4.42 Å². The molecular weight excluding hydrogens is 739 g/mol. The molecule has 0 amide bonds. The van der Waals surface area contributed by atoms with Crippen LogP contribution < -0.4 is 4.90 Å². The second-order valence-electron chi connectivity index (χ2n) is 16.1. The first kappa shape index (κ1) is 35.0. The lowest BCUT2D eigenvalue weighted by atomic mass is 9.68. The Labute approximate surface area is 355 Å². The summed E-state index contributed by atoms with van der Waals surface area (Å²) in [6.45, 7) is 0. The van der Waals surface area contributed by atoms with Gasteiger partial charge in [0.1, 0.15) is 11.2 Å². The maximum atomic E-state index is 6.34. The predicted molar refractivity (Wildman–Crippen MR) is 254 cm³/mol. The molecule has 1 aliphatic carbocycles. The standard InChI is InChI=1S/C59H39NO/c1-3-13-40(14-4-1)41-23-30-48(31-24-41)60(49-32-25-42(26-33-49)45-27-36-57-53(38-45)54-37-43-15-7-8-16-44(43)39-58(54)61-57)50-34-28-47(29-35-50)59(46-17-5-2-6-18-46)55-21-11-9-19-51(55)52-20-10-12-22-56(52)59/h1-39H. The van der Waals surface area contributed by atoms with E-state index in [1.165, 1.54) is 55.3 Å². The molecule has 11 aromatic rings. The molecule has 0 unspecified atom stereocenters. The molecule has 61 heavy (non-hydrogen) atoms. The second kappa shape index (κ2) is 14.1. The van der Waals surface area contributed by atoms with Gasteiger partial charge in [-0.2, -0.15) is 0 Å². The smallest absolute Gasteiger partial charge is 0.136 e. The molecule has 2 nitrogen and oxygen atoms in total. The van der Waals surface area contributed by atoms with Gasteiger partial charge < -0.3 is 9.32 Å². The fourth-order valence-corrected chi connectivity index (χ4v) is 9.90. The van der Waals surface area contributed by atoms with Crippen LogP contribution in [-0.4, -0.2) is 0 Å². The first-order chi connectivity index (χ1) is 30.2. The van der Waals surface area contributed by atoms with Crippen LogP contribution in [0.4, 0.5) is 17.1 Å². The van der Waals surface area contributed by atoms with Gasteiger partial charge in [0.15, 0.2) is 0 Å². The Kier molecular flexibility index (Phi) is 8.11. The van der Waals surface area contributed by atoms with Gasteiger partial charge in [-0.05, 0) is 127 Å². The van der Waals surface area contributed by atoms with E-state index >= 15 is 0 Å². The lowest BCUT2D eigenvalue weighted by molar-refractivity contribution is 0.669. The zero-order valence-corrected chi connectivity index (χ0v) is 33.4. The number of rotatable bonds is 7. The summed E-state index contributed by atoms with van der Waals surface area (Å²) in [5.74, 6) is 0. The Balaban J connectivity index is 0.967. The highest BCUT2D eigenvalue weighted by atomic mass is 16.3. The molecule has 0 spiro atoms. The van der Waals surface area contributed by atoms with E-state index < -0.39 is 5.41 Å². The predicted octanol–water partition coefficient (Wildman–Crippen LogP) is 15.9.